The summed E-state index contributed by atoms with van der Waals surface area (Å²) in [6.07, 6.45) is 6.57. The number of hydrogen-bond donors (Lipinski definition) is 1. The molecule has 2 unspecified atom stereocenters. The molecule has 0 aromatic heterocycles. The molecule has 1 N–H and O–H groups in total. The summed E-state index contributed by atoms with van der Waals surface area (Å²) >= 11 is 0. The molecule has 20 heavy (non-hydrogen) atoms. The van der Waals surface area contributed by atoms with Gasteiger partial charge in [-0.2, -0.15) is 0 Å². The molecule has 0 aromatic carbocycles. The Morgan fingerprint density at radius 1 is 1.45 bits per heavy atom. The number of amides is 1. The van der Waals surface area contributed by atoms with Gasteiger partial charge >= 0.3 is 0 Å². The summed E-state index contributed by atoms with van der Waals surface area (Å²) in [5, 5.41) is 3.54. The molecule has 0 aromatic rings. The maximum Gasteiger partial charge on any atom is 0.241 e. The summed E-state index contributed by atoms with van der Waals surface area (Å²) in [5.41, 5.74) is -0.0757. The van der Waals surface area contributed by atoms with Gasteiger partial charge in [0, 0.05) is 7.11 Å². The molecule has 0 bridgehead atoms. The third-order valence-corrected chi connectivity index (χ3v) is 4.78. The Hall–Kier alpha value is -0.610. The van der Waals surface area contributed by atoms with Gasteiger partial charge in [-0.3, -0.25) is 10.1 Å². The summed E-state index contributed by atoms with van der Waals surface area (Å²) in [5.74, 6) is 0.865. The van der Waals surface area contributed by atoms with E-state index in [0.717, 1.165) is 38.6 Å². The second-order valence-electron chi connectivity index (χ2n) is 6.86. The first-order valence-corrected chi connectivity index (χ1v) is 8.13. The van der Waals surface area contributed by atoms with Crippen molar-refractivity contribution in [2.75, 3.05) is 13.7 Å². The number of rotatable bonds is 7. The van der Waals surface area contributed by atoms with Crippen LogP contribution >= 0.6 is 0 Å². The van der Waals surface area contributed by atoms with E-state index in [4.69, 9.17) is 4.74 Å². The van der Waals surface area contributed by atoms with Crippen molar-refractivity contribution in [1.82, 2.24) is 10.2 Å². The van der Waals surface area contributed by atoms with Crippen LogP contribution in [0.1, 0.15) is 59.3 Å². The number of methoxy groups -OCH3 is 1. The Kier molecular flexibility index (Phi) is 5.08. The van der Waals surface area contributed by atoms with E-state index in [1.54, 1.807) is 7.11 Å². The maximum absolute atomic E-state index is 12.6. The van der Waals surface area contributed by atoms with E-state index >= 15 is 0 Å². The van der Waals surface area contributed by atoms with Gasteiger partial charge < -0.3 is 9.64 Å². The smallest absolute Gasteiger partial charge is 0.241 e. The minimum Gasteiger partial charge on any atom is -0.376 e. The highest BCUT2D eigenvalue weighted by Gasteiger charge is 2.45. The van der Waals surface area contributed by atoms with Crippen LogP contribution in [-0.4, -0.2) is 42.3 Å². The molecule has 2 fully saturated rings. The number of carbonyl (C=O) groups excluding carboxylic acids is 1. The number of ether oxygens (including phenoxy) is 1. The lowest BCUT2D eigenvalue weighted by Crippen LogP contribution is -2.53. The van der Waals surface area contributed by atoms with Crippen molar-refractivity contribution in [1.29, 1.82) is 0 Å². The van der Waals surface area contributed by atoms with Gasteiger partial charge in [0.05, 0.1) is 24.4 Å². The van der Waals surface area contributed by atoms with Crippen LogP contribution in [0.4, 0.5) is 0 Å². The Morgan fingerprint density at radius 2 is 2.15 bits per heavy atom. The summed E-state index contributed by atoms with van der Waals surface area (Å²) in [7, 11) is 1.79. The van der Waals surface area contributed by atoms with Gasteiger partial charge in [0.25, 0.3) is 0 Å². The molecule has 2 atom stereocenters. The molecule has 1 aliphatic heterocycles. The molecule has 2 rings (SSSR count). The van der Waals surface area contributed by atoms with Crippen LogP contribution < -0.4 is 5.32 Å². The van der Waals surface area contributed by atoms with Crippen LogP contribution in [0, 0.1) is 5.92 Å². The Morgan fingerprint density at radius 3 is 2.60 bits per heavy atom. The van der Waals surface area contributed by atoms with E-state index in [2.05, 4.69) is 31.0 Å². The molecule has 116 valence electrons. The fourth-order valence-electron chi connectivity index (χ4n) is 3.38. The third-order valence-electron chi connectivity index (χ3n) is 4.78. The van der Waals surface area contributed by atoms with Crippen LogP contribution in [0.3, 0.4) is 0 Å². The van der Waals surface area contributed by atoms with Crippen LogP contribution in [0.25, 0.3) is 0 Å². The zero-order valence-electron chi connectivity index (χ0n) is 13.4. The van der Waals surface area contributed by atoms with Crippen molar-refractivity contribution in [3.05, 3.63) is 0 Å². The summed E-state index contributed by atoms with van der Waals surface area (Å²) in [6, 6.07) is 0.0118. The van der Waals surface area contributed by atoms with Gasteiger partial charge in [-0.05, 0) is 38.0 Å². The number of nitrogens with one attached hydrogen (secondary N) is 1. The molecule has 4 heteroatoms. The summed E-state index contributed by atoms with van der Waals surface area (Å²) in [4.78, 5) is 14.7. The van der Waals surface area contributed by atoms with Crippen LogP contribution in [-0.2, 0) is 9.53 Å². The Labute approximate surface area is 123 Å². The van der Waals surface area contributed by atoms with Gasteiger partial charge in [0.15, 0.2) is 0 Å². The Bertz CT molecular complexity index is 334. The topological polar surface area (TPSA) is 41.6 Å². The first kappa shape index (κ1) is 15.8. The van der Waals surface area contributed by atoms with E-state index in [9.17, 15) is 4.79 Å². The lowest BCUT2D eigenvalue weighted by molar-refractivity contribution is -0.140. The molecule has 1 aliphatic carbocycles. The lowest BCUT2D eigenvalue weighted by atomic mass is 9.79. The largest absolute Gasteiger partial charge is 0.376 e. The zero-order valence-corrected chi connectivity index (χ0v) is 13.4. The lowest BCUT2D eigenvalue weighted by Gasteiger charge is -2.44. The molecule has 1 saturated carbocycles. The second kappa shape index (κ2) is 6.44. The van der Waals surface area contributed by atoms with Gasteiger partial charge in [-0.1, -0.05) is 27.2 Å². The van der Waals surface area contributed by atoms with E-state index in [-0.39, 0.29) is 23.7 Å². The van der Waals surface area contributed by atoms with Crippen LogP contribution in [0.5, 0.6) is 0 Å². The second-order valence-corrected chi connectivity index (χ2v) is 6.86. The van der Waals surface area contributed by atoms with Crippen molar-refractivity contribution in [2.45, 2.75) is 77.1 Å². The SMILES string of the molecule is CCCC1NC(CC(C)C)N(CC2(OC)CCC2)C1=O. The minimum atomic E-state index is -0.0757. The molecule has 1 amide bonds. The molecule has 4 nitrogen and oxygen atoms in total. The van der Waals surface area contributed by atoms with Gasteiger partial charge in [0.2, 0.25) is 5.91 Å². The monoisotopic (exact) mass is 282 g/mol. The molecule has 1 heterocycles. The zero-order chi connectivity index (χ0) is 14.8. The van der Waals surface area contributed by atoms with E-state index in [1.807, 2.05) is 0 Å². The van der Waals surface area contributed by atoms with Gasteiger partial charge in [-0.25, -0.2) is 0 Å². The fraction of sp³-hybridized carbons (Fsp3) is 0.938. The third kappa shape index (κ3) is 3.17. The Balaban J connectivity index is 2.06. The molecule has 1 saturated heterocycles. The fourth-order valence-corrected chi connectivity index (χ4v) is 3.38. The van der Waals surface area contributed by atoms with Crippen LogP contribution in [0.2, 0.25) is 0 Å². The van der Waals surface area contributed by atoms with Gasteiger partial charge in [0.1, 0.15) is 0 Å². The summed E-state index contributed by atoms with van der Waals surface area (Å²) < 4.78 is 5.71. The predicted molar refractivity (Wildman–Crippen MR) is 80.4 cm³/mol. The molecular formula is C16H30N2O2. The standard InChI is InChI=1S/C16H30N2O2/c1-5-7-13-15(19)18(14(17-13)10-12(2)3)11-16(20-4)8-6-9-16/h12-14,17H,5-11H2,1-4H3. The maximum atomic E-state index is 12.6. The highest BCUT2D eigenvalue weighted by atomic mass is 16.5. The number of carbonyl (C=O) groups is 1. The van der Waals surface area contributed by atoms with E-state index in [1.165, 1.54) is 6.42 Å². The molecule has 0 radical (unpaired) electrons. The van der Waals surface area contributed by atoms with E-state index < -0.39 is 0 Å². The first-order valence-electron chi connectivity index (χ1n) is 8.13. The average molecular weight is 282 g/mol. The van der Waals surface area contributed by atoms with Crippen molar-refractivity contribution < 1.29 is 9.53 Å². The quantitative estimate of drug-likeness (QED) is 0.780. The number of hydrogen-bond acceptors (Lipinski definition) is 3. The highest BCUT2D eigenvalue weighted by Crippen LogP contribution is 2.37. The summed E-state index contributed by atoms with van der Waals surface area (Å²) in [6.45, 7) is 7.32. The average Bonchev–Trinajstić information content (AvgIpc) is 2.61. The normalized spacial score (nSPS) is 29.1. The molecular weight excluding hydrogens is 252 g/mol. The molecule has 0 spiro atoms. The van der Waals surface area contributed by atoms with Crippen molar-refractivity contribution in [2.24, 2.45) is 5.92 Å². The highest BCUT2D eigenvalue weighted by molar-refractivity contribution is 5.84. The molecule has 2 aliphatic rings. The number of nitrogens with zero attached hydrogens (tertiary/aromatic N) is 1. The van der Waals surface area contributed by atoms with Crippen molar-refractivity contribution in [3.63, 3.8) is 0 Å². The van der Waals surface area contributed by atoms with Crippen molar-refractivity contribution in [3.8, 4) is 0 Å². The van der Waals surface area contributed by atoms with Gasteiger partial charge in [-0.15, -0.1) is 0 Å². The first-order chi connectivity index (χ1) is 9.51. The minimum absolute atomic E-state index is 0.0118. The van der Waals surface area contributed by atoms with Crippen molar-refractivity contribution >= 4 is 5.91 Å². The van der Waals surface area contributed by atoms with E-state index in [0.29, 0.717) is 5.92 Å². The van der Waals surface area contributed by atoms with Crippen LogP contribution in [0.15, 0.2) is 0 Å². The predicted octanol–water partition coefficient (Wildman–Crippen LogP) is 2.53.